The molecule has 0 amide bonds. The summed E-state index contributed by atoms with van der Waals surface area (Å²) in [6.07, 6.45) is 27.1. The molecule has 60 heavy (non-hydrogen) atoms. The second kappa shape index (κ2) is 15.1. The smallest absolute Gasteiger partial charge is 0.305 e. The van der Waals surface area contributed by atoms with Crippen LogP contribution in [0.1, 0.15) is 175 Å². The molecule has 0 bridgehead atoms. The zero-order chi connectivity index (χ0) is 41.9. The molecule has 8 aliphatic carbocycles. The van der Waals surface area contributed by atoms with Crippen molar-refractivity contribution in [2.24, 2.45) is 80.8 Å². The van der Waals surface area contributed by atoms with E-state index in [2.05, 4.69) is 69.6 Å². The molecule has 0 unspecified atom stereocenters. The lowest BCUT2D eigenvalue weighted by atomic mass is 9.44. The van der Waals surface area contributed by atoms with E-state index >= 15 is 0 Å². The van der Waals surface area contributed by atoms with Crippen molar-refractivity contribution in [3.63, 3.8) is 0 Å². The Morgan fingerprint density at radius 3 is 2.28 bits per heavy atom. The third-order valence-corrected chi connectivity index (χ3v) is 21.7. The molecule has 2 aromatic rings. The fraction of sp³-hybridized carbons (Fsp3) is 0.792. The first kappa shape index (κ1) is 41.7. The summed E-state index contributed by atoms with van der Waals surface area (Å²) < 4.78 is 7.32. The Hall–Kier alpha value is -2.34. The number of hydrogen-bond donors (Lipinski definition) is 1. The number of pyridine rings is 1. The van der Waals surface area contributed by atoms with Crippen LogP contribution in [-0.4, -0.2) is 34.3 Å². The van der Waals surface area contributed by atoms with Gasteiger partial charge in [0.15, 0.2) is 5.78 Å². The van der Waals surface area contributed by atoms with Crippen LogP contribution in [0.3, 0.4) is 0 Å². The summed E-state index contributed by atoms with van der Waals surface area (Å²) in [7, 11) is 1.52. The number of esters is 1. The number of ketones is 1. The zero-order valence-corrected chi connectivity index (χ0v) is 38.9. The van der Waals surface area contributed by atoms with E-state index in [9.17, 15) is 9.59 Å². The van der Waals surface area contributed by atoms with Crippen LogP contribution in [0.15, 0.2) is 30.0 Å². The zero-order valence-electron chi connectivity index (χ0n) is 38.2. The predicted octanol–water partition coefficient (Wildman–Crippen LogP) is 13.3. The number of carbonyl (C=O) groups excluding carboxylic acids is 2. The maximum absolute atomic E-state index is 12.5. The maximum atomic E-state index is 12.5. The SMILES string of the molecule is COC(=O)CC[C@@H](C)[C@H]1CC[C@H]2[C@@H]3CC[C@@H]4C[C@@H](Nc5c([C@@H](C)[C@H]6CC[C@H]7[C@@H]8CCC9=CC(=O)CC[C@]9(C)[C@H]8CC[C@]67C)nc6ccc(Cl)cn56)CC[C@]4(C)[C@H]3CC[C@]12C. The Balaban J connectivity index is 0.856. The van der Waals surface area contributed by atoms with Crippen LogP contribution in [0.4, 0.5) is 5.82 Å². The van der Waals surface area contributed by atoms with Crippen molar-refractivity contribution in [2.45, 2.75) is 175 Å². The fourth-order valence-electron chi connectivity index (χ4n) is 18.3. The monoisotopic (exact) mass is 838 g/mol. The van der Waals surface area contributed by atoms with Crippen LogP contribution >= 0.6 is 11.6 Å². The molecule has 10 rings (SSSR count). The van der Waals surface area contributed by atoms with Gasteiger partial charge >= 0.3 is 5.97 Å². The number of allylic oxidation sites excluding steroid dienone is 1. The topological polar surface area (TPSA) is 72.7 Å². The van der Waals surface area contributed by atoms with Gasteiger partial charge < -0.3 is 10.1 Å². The average molecular weight is 839 g/mol. The van der Waals surface area contributed by atoms with Gasteiger partial charge in [0.1, 0.15) is 11.5 Å². The second-order valence-corrected chi connectivity index (χ2v) is 23.9. The second-order valence-electron chi connectivity index (χ2n) is 23.5. The average Bonchev–Trinajstić information content (AvgIpc) is 3.90. The molecule has 2 heterocycles. The van der Waals surface area contributed by atoms with Gasteiger partial charge in [0, 0.05) is 31.0 Å². The molecule has 0 aromatic carbocycles. The van der Waals surface area contributed by atoms with Crippen LogP contribution in [0.2, 0.25) is 5.02 Å². The van der Waals surface area contributed by atoms with E-state index in [0.29, 0.717) is 52.2 Å². The highest BCUT2D eigenvalue weighted by Gasteiger charge is 2.62. The first-order chi connectivity index (χ1) is 28.7. The van der Waals surface area contributed by atoms with Gasteiger partial charge in [-0.3, -0.25) is 14.0 Å². The third-order valence-electron chi connectivity index (χ3n) is 21.5. The molecule has 0 aliphatic heterocycles. The number of nitrogens with zero attached hydrogens (tertiary/aromatic N) is 2. The van der Waals surface area contributed by atoms with E-state index < -0.39 is 0 Å². The van der Waals surface area contributed by atoms with Crippen molar-refractivity contribution < 1.29 is 14.3 Å². The Kier molecular flexibility index (Phi) is 10.5. The molecule has 1 N–H and O–H groups in total. The highest BCUT2D eigenvalue weighted by atomic mass is 35.5. The largest absolute Gasteiger partial charge is 0.469 e. The van der Waals surface area contributed by atoms with Crippen molar-refractivity contribution in [1.29, 1.82) is 0 Å². The molecule has 7 fully saturated rings. The van der Waals surface area contributed by atoms with Gasteiger partial charge in [-0.25, -0.2) is 4.98 Å². The quantitative estimate of drug-likeness (QED) is 0.268. The van der Waals surface area contributed by atoms with Gasteiger partial charge in [-0.1, -0.05) is 58.7 Å². The number of carbonyl (C=O) groups is 2. The van der Waals surface area contributed by atoms with E-state index in [1.807, 2.05) is 6.07 Å². The molecular weight excluding hydrogens is 762 g/mol. The number of hydrogen-bond acceptors (Lipinski definition) is 5. The van der Waals surface area contributed by atoms with Gasteiger partial charge in [-0.05, 0) is 208 Å². The van der Waals surface area contributed by atoms with Gasteiger partial charge in [0.25, 0.3) is 0 Å². The van der Waals surface area contributed by atoms with E-state index in [0.717, 1.165) is 83.7 Å². The van der Waals surface area contributed by atoms with Crippen LogP contribution in [0, 0.1) is 80.8 Å². The Labute approximate surface area is 366 Å². The normalized spacial score (nSPS) is 44.3. The minimum atomic E-state index is -0.0536. The van der Waals surface area contributed by atoms with Crippen molar-refractivity contribution >= 4 is 34.8 Å². The van der Waals surface area contributed by atoms with Crippen LogP contribution < -0.4 is 5.32 Å². The Morgan fingerprint density at radius 1 is 0.833 bits per heavy atom. The highest BCUT2D eigenvalue weighted by Crippen LogP contribution is 2.70. The van der Waals surface area contributed by atoms with Crippen molar-refractivity contribution in [1.82, 2.24) is 9.38 Å². The van der Waals surface area contributed by atoms with Crippen LogP contribution in [0.25, 0.3) is 5.65 Å². The number of anilines is 1. The number of imidazole rings is 1. The summed E-state index contributed by atoms with van der Waals surface area (Å²) in [5.41, 5.74) is 5.12. The van der Waals surface area contributed by atoms with E-state index in [1.165, 1.54) is 114 Å². The summed E-state index contributed by atoms with van der Waals surface area (Å²) in [6, 6.07) is 4.58. The predicted molar refractivity (Wildman–Crippen MR) is 242 cm³/mol. The lowest BCUT2D eigenvalue weighted by molar-refractivity contribution is -0.141. The number of methoxy groups -OCH3 is 1. The molecule has 2 aromatic heterocycles. The minimum absolute atomic E-state index is 0.0536. The number of fused-ring (bicyclic) bond motifs is 11. The van der Waals surface area contributed by atoms with Crippen molar-refractivity contribution in [2.75, 3.05) is 12.4 Å². The summed E-state index contributed by atoms with van der Waals surface area (Å²) in [5.74, 6) is 9.34. The fourth-order valence-corrected chi connectivity index (χ4v) is 18.5. The van der Waals surface area contributed by atoms with Crippen LogP contribution in [-0.2, 0) is 14.3 Å². The summed E-state index contributed by atoms with van der Waals surface area (Å²) in [4.78, 5) is 30.0. The minimum Gasteiger partial charge on any atom is -0.469 e. The third kappa shape index (κ3) is 6.36. The first-order valence-electron chi connectivity index (χ1n) is 24.9. The van der Waals surface area contributed by atoms with E-state index in [4.69, 9.17) is 21.3 Å². The van der Waals surface area contributed by atoms with Gasteiger partial charge in [0.05, 0.1) is 17.8 Å². The molecule has 16 atom stereocenters. The number of nitrogens with one attached hydrogen (secondary N) is 1. The molecular formula is C53H76ClN3O3. The molecule has 7 heteroatoms. The lowest BCUT2D eigenvalue weighted by Crippen LogP contribution is -2.54. The van der Waals surface area contributed by atoms with Gasteiger partial charge in [0.2, 0.25) is 0 Å². The number of halogens is 1. The summed E-state index contributed by atoms with van der Waals surface area (Å²) >= 11 is 6.76. The van der Waals surface area contributed by atoms with E-state index in [1.54, 1.807) is 0 Å². The number of ether oxygens (including phenoxy) is 1. The molecule has 328 valence electrons. The highest BCUT2D eigenvalue weighted by molar-refractivity contribution is 6.30. The summed E-state index contributed by atoms with van der Waals surface area (Å²) in [6.45, 7) is 15.5. The molecule has 7 saturated carbocycles. The van der Waals surface area contributed by atoms with Crippen molar-refractivity contribution in [3.8, 4) is 0 Å². The molecule has 6 nitrogen and oxygen atoms in total. The number of rotatable bonds is 8. The summed E-state index contributed by atoms with van der Waals surface area (Å²) in [5, 5.41) is 5.02. The standard InChI is InChI=1S/C53H76ClN3O3/c1-31(8-19-47(59)60-7)40-14-16-42-38-12-9-33-28-36(20-24-50(33,3)44(38)22-26-52(40,42)5)55-49-48(56-46-18-11-35(54)30-57(46)49)32(2)41-15-17-43-39-13-10-34-29-37(58)21-25-51(34,4)45(39)23-27-53(41,43)6/h11,18,29-33,36,38-45,55H,8-10,12-17,19-28H2,1-7H3/t31-,32+,33-,36+,38+,39+,40-,41-,42+,43+,44+,45+,50+,51+,52-,53-/m1/s1. The Morgan fingerprint density at radius 2 is 1.52 bits per heavy atom. The molecule has 0 spiro atoms. The molecule has 0 saturated heterocycles. The molecule has 8 aliphatic rings. The Bertz CT molecular complexity index is 2040. The maximum Gasteiger partial charge on any atom is 0.305 e. The first-order valence-corrected chi connectivity index (χ1v) is 25.3. The van der Waals surface area contributed by atoms with Gasteiger partial charge in [-0.15, -0.1) is 0 Å². The van der Waals surface area contributed by atoms with E-state index in [-0.39, 0.29) is 11.4 Å². The number of aromatic nitrogens is 2. The van der Waals surface area contributed by atoms with Crippen LogP contribution in [0.5, 0.6) is 0 Å². The van der Waals surface area contributed by atoms with Crippen molar-refractivity contribution in [3.05, 3.63) is 40.7 Å². The lowest BCUT2D eigenvalue weighted by Gasteiger charge is -2.61. The molecule has 0 radical (unpaired) electrons. The van der Waals surface area contributed by atoms with Gasteiger partial charge in [-0.2, -0.15) is 0 Å².